The van der Waals surface area contributed by atoms with Crippen molar-refractivity contribution in [3.05, 3.63) is 23.9 Å². The molecule has 0 amide bonds. The maximum Gasteiger partial charge on any atom is 0.161 e. The van der Waals surface area contributed by atoms with Gasteiger partial charge in [0.15, 0.2) is 6.10 Å². The van der Waals surface area contributed by atoms with Crippen LogP contribution in [0.15, 0.2) is 18.3 Å². The minimum absolute atomic E-state index is 0.424. The highest BCUT2D eigenvalue weighted by molar-refractivity contribution is 5.48. The first-order valence-corrected chi connectivity index (χ1v) is 5.61. The number of nitrogens with zero attached hydrogens (tertiary/aromatic N) is 3. The molecule has 2 rings (SSSR count). The van der Waals surface area contributed by atoms with Gasteiger partial charge in [0.1, 0.15) is 5.82 Å². The van der Waals surface area contributed by atoms with Gasteiger partial charge < -0.3 is 14.7 Å². The van der Waals surface area contributed by atoms with Crippen LogP contribution in [0.2, 0.25) is 0 Å². The number of aromatic nitrogens is 1. The van der Waals surface area contributed by atoms with Crippen LogP contribution in [0.25, 0.3) is 0 Å². The monoisotopic (exact) mass is 233 g/mol. The van der Waals surface area contributed by atoms with E-state index in [0.29, 0.717) is 19.7 Å². The van der Waals surface area contributed by atoms with Crippen molar-refractivity contribution in [1.29, 1.82) is 5.26 Å². The second kappa shape index (κ2) is 5.13. The molecule has 2 atom stereocenters. The summed E-state index contributed by atoms with van der Waals surface area (Å²) < 4.78 is 5.29. The maximum absolute atomic E-state index is 9.70. The van der Waals surface area contributed by atoms with E-state index >= 15 is 0 Å². The van der Waals surface area contributed by atoms with E-state index < -0.39 is 12.2 Å². The average molecular weight is 233 g/mol. The summed E-state index contributed by atoms with van der Waals surface area (Å²) in [4.78, 5) is 6.28. The van der Waals surface area contributed by atoms with Gasteiger partial charge in [0.2, 0.25) is 0 Å². The first kappa shape index (κ1) is 11.8. The van der Waals surface area contributed by atoms with E-state index in [1.54, 1.807) is 19.2 Å². The van der Waals surface area contributed by atoms with Crippen LogP contribution in [0.3, 0.4) is 0 Å². The Kier molecular flexibility index (Phi) is 3.57. The van der Waals surface area contributed by atoms with Gasteiger partial charge in [-0.15, -0.1) is 0 Å². The minimum Gasteiger partial charge on any atom is -0.389 e. The molecule has 0 spiro atoms. The highest BCUT2D eigenvalue weighted by atomic mass is 16.5. The van der Waals surface area contributed by atoms with Crippen LogP contribution in [0.5, 0.6) is 0 Å². The van der Waals surface area contributed by atoms with Crippen molar-refractivity contribution in [2.75, 3.05) is 24.6 Å². The molecule has 1 fully saturated rings. The van der Waals surface area contributed by atoms with Crippen molar-refractivity contribution in [3.8, 4) is 6.07 Å². The number of ether oxygens (including phenoxy) is 1. The van der Waals surface area contributed by atoms with Gasteiger partial charge in [-0.25, -0.2) is 4.98 Å². The first-order valence-electron chi connectivity index (χ1n) is 5.61. The van der Waals surface area contributed by atoms with Crippen molar-refractivity contribution in [2.45, 2.75) is 19.1 Å². The zero-order valence-electron chi connectivity index (χ0n) is 9.71. The van der Waals surface area contributed by atoms with Crippen LogP contribution in [0.4, 0.5) is 5.82 Å². The van der Waals surface area contributed by atoms with Gasteiger partial charge in [-0.3, -0.25) is 0 Å². The zero-order valence-corrected chi connectivity index (χ0v) is 9.71. The number of anilines is 1. The summed E-state index contributed by atoms with van der Waals surface area (Å²) in [5, 5.41) is 18.6. The van der Waals surface area contributed by atoms with E-state index in [9.17, 15) is 5.11 Å². The Balaban J connectivity index is 2.25. The topological polar surface area (TPSA) is 69.4 Å². The molecular weight excluding hydrogens is 218 g/mol. The second-order valence-electron chi connectivity index (χ2n) is 4.03. The number of aliphatic hydroxyl groups excluding tert-OH is 1. The average Bonchev–Trinajstić information content (AvgIpc) is 2.39. The van der Waals surface area contributed by atoms with Gasteiger partial charge in [0.05, 0.1) is 25.3 Å². The molecule has 1 aliphatic rings. The Morgan fingerprint density at radius 1 is 1.71 bits per heavy atom. The number of pyridine rings is 1. The molecule has 1 saturated heterocycles. The van der Waals surface area contributed by atoms with Crippen LogP contribution in [0, 0.1) is 11.3 Å². The van der Waals surface area contributed by atoms with Gasteiger partial charge in [0, 0.05) is 18.3 Å². The molecular formula is C12H15N3O2. The number of hydrogen-bond acceptors (Lipinski definition) is 5. The lowest BCUT2D eigenvalue weighted by atomic mass is 10.1. The number of aliphatic hydroxyl groups is 1. The molecule has 2 heterocycles. The van der Waals surface area contributed by atoms with Crippen molar-refractivity contribution < 1.29 is 9.84 Å². The second-order valence-corrected chi connectivity index (χ2v) is 4.03. The Labute approximate surface area is 100 Å². The Morgan fingerprint density at radius 3 is 3.24 bits per heavy atom. The molecule has 1 N–H and O–H groups in total. The fourth-order valence-electron chi connectivity index (χ4n) is 1.92. The van der Waals surface area contributed by atoms with Crippen LogP contribution in [-0.4, -0.2) is 35.9 Å². The highest BCUT2D eigenvalue weighted by Crippen LogP contribution is 2.24. The lowest BCUT2D eigenvalue weighted by Gasteiger charge is -2.32. The summed E-state index contributed by atoms with van der Waals surface area (Å²) in [6, 6.07) is 5.75. The summed E-state index contributed by atoms with van der Waals surface area (Å²) in [6.45, 7) is 3.40. The summed E-state index contributed by atoms with van der Waals surface area (Å²) in [5.74, 6) is 0.742. The SMILES string of the molecule is C[C@H](O)c1cccnc1N1CCOC(C#N)C1. The third-order valence-corrected chi connectivity index (χ3v) is 2.78. The zero-order chi connectivity index (χ0) is 12.3. The quantitative estimate of drug-likeness (QED) is 0.820. The van der Waals surface area contributed by atoms with Crippen molar-refractivity contribution in [3.63, 3.8) is 0 Å². The van der Waals surface area contributed by atoms with Gasteiger partial charge in [0.25, 0.3) is 0 Å². The fraction of sp³-hybridized carbons (Fsp3) is 0.500. The first-order chi connectivity index (χ1) is 8.22. The molecule has 0 saturated carbocycles. The Hall–Kier alpha value is -1.64. The molecule has 1 aromatic heterocycles. The van der Waals surface area contributed by atoms with E-state index in [-0.39, 0.29) is 0 Å². The molecule has 0 bridgehead atoms. The molecule has 5 heteroatoms. The minimum atomic E-state index is -0.568. The molecule has 0 radical (unpaired) electrons. The van der Waals surface area contributed by atoms with E-state index in [2.05, 4.69) is 11.1 Å². The number of morpholine rings is 1. The molecule has 1 unspecified atom stereocenters. The van der Waals surface area contributed by atoms with Gasteiger partial charge in [-0.05, 0) is 13.0 Å². The Bertz CT molecular complexity index is 428. The van der Waals surface area contributed by atoms with Crippen LogP contribution in [0.1, 0.15) is 18.6 Å². The molecule has 90 valence electrons. The maximum atomic E-state index is 9.70. The summed E-state index contributed by atoms with van der Waals surface area (Å²) in [5.41, 5.74) is 0.783. The van der Waals surface area contributed by atoms with Crippen molar-refractivity contribution in [2.24, 2.45) is 0 Å². The van der Waals surface area contributed by atoms with Crippen molar-refractivity contribution in [1.82, 2.24) is 4.98 Å². The number of rotatable bonds is 2. The molecule has 5 nitrogen and oxygen atoms in total. The lowest BCUT2D eigenvalue weighted by molar-refractivity contribution is 0.0758. The molecule has 1 aliphatic heterocycles. The number of nitriles is 1. The summed E-state index contributed by atoms with van der Waals surface area (Å²) in [6.07, 6.45) is 0.701. The van der Waals surface area contributed by atoms with Crippen LogP contribution < -0.4 is 4.90 Å². The van der Waals surface area contributed by atoms with E-state index in [1.807, 2.05) is 11.0 Å². The Morgan fingerprint density at radius 2 is 2.53 bits per heavy atom. The summed E-state index contributed by atoms with van der Waals surface area (Å²) in [7, 11) is 0. The van der Waals surface area contributed by atoms with E-state index in [0.717, 1.165) is 11.4 Å². The van der Waals surface area contributed by atoms with E-state index in [4.69, 9.17) is 10.00 Å². The van der Waals surface area contributed by atoms with Crippen molar-refractivity contribution >= 4 is 5.82 Å². The fourth-order valence-corrected chi connectivity index (χ4v) is 1.92. The predicted octanol–water partition coefficient (Wildman–Crippen LogP) is 0.864. The normalized spacial score (nSPS) is 21.9. The summed E-state index contributed by atoms with van der Waals surface area (Å²) >= 11 is 0. The van der Waals surface area contributed by atoms with Gasteiger partial charge in [-0.1, -0.05) is 6.07 Å². The van der Waals surface area contributed by atoms with E-state index in [1.165, 1.54) is 0 Å². The third-order valence-electron chi connectivity index (χ3n) is 2.78. The molecule has 1 aromatic rings. The van der Waals surface area contributed by atoms with Crippen LogP contribution in [-0.2, 0) is 4.74 Å². The van der Waals surface area contributed by atoms with Gasteiger partial charge >= 0.3 is 0 Å². The smallest absolute Gasteiger partial charge is 0.161 e. The standard InChI is InChI=1S/C12H15N3O2/c1-9(16)11-3-2-4-14-12(11)15-5-6-17-10(7-13)8-15/h2-4,9-10,16H,5-6,8H2,1H3/t9-,10?/m0/s1. The lowest BCUT2D eigenvalue weighted by Crippen LogP contribution is -2.42. The largest absolute Gasteiger partial charge is 0.389 e. The van der Waals surface area contributed by atoms with Gasteiger partial charge in [-0.2, -0.15) is 5.26 Å². The predicted molar refractivity (Wildman–Crippen MR) is 62.4 cm³/mol. The number of hydrogen-bond donors (Lipinski definition) is 1. The third kappa shape index (κ3) is 2.54. The van der Waals surface area contributed by atoms with Crippen LogP contribution >= 0.6 is 0 Å². The molecule has 17 heavy (non-hydrogen) atoms. The molecule has 0 aliphatic carbocycles. The highest BCUT2D eigenvalue weighted by Gasteiger charge is 2.23. The molecule has 0 aromatic carbocycles.